The molecule has 1 aliphatic carbocycles. The first-order valence-electron chi connectivity index (χ1n) is 6.22. The van der Waals surface area contributed by atoms with Gasteiger partial charge >= 0.3 is 0 Å². The molecule has 0 bridgehead atoms. The first-order chi connectivity index (χ1) is 8.56. The first-order valence-corrected chi connectivity index (χ1v) is 7.01. The van der Waals surface area contributed by atoms with Gasteiger partial charge in [-0.15, -0.1) is 0 Å². The molecule has 0 unspecified atom stereocenters. The minimum Gasteiger partial charge on any atom is -0.299 e. The Labute approximate surface area is 114 Å². The van der Waals surface area contributed by atoms with Gasteiger partial charge in [0.15, 0.2) is 0 Å². The number of fused-ring (bicyclic) bond motifs is 1. The number of hydrogen-bond donors (Lipinski definition) is 0. The summed E-state index contributed by atoms with van der Waals surface area (Å²) in [6.45, 7) is 1.99. The van der Waals surface area contributed by atoms with Crippen LogP contribution in [-0.2, 0) is 13.5 Å². The topological polar surface area (TPSA) is 34.9 Å². The second-order valence-corrected chi connectivity index (χ2v) is 6.04. The van der Waals surface area contributed by atoms with Crippen LogP contribution in [0, 0.1) is 12.8 Å². The Bertz CT molecular complexity index is 686. The number of rotatable bonds is 2. The van der Waals surface area contributed by atoms with Gasteiger partial charge in [-0.1, -0.05) is 0 Å². The third-order valence-corrected chi connectivity index (χ3v) is 4.14. The lowest BCUT2D eigenvalue weighted by Gasteiger charge is -2.10. The quantitative estimate of drug-likeness (QED) is 0.855. The Morgan fingerprint density at radius 1 is 1.44 bits per heavy atom. The molecule has 0 radical (unpaired) electrons. The van der Waals surface area contributed by atoms with Crippen LogP contribution in [0.2, 0.25) is 0 Å². The van der Waals surface area contributed by atoms with E-state index in [9.17, 15) is 4.79 Å². The molecule has 94 valence electrons. The summed E-state index contributed by atoms with van der Waals surface area (Å²) in [5, 5.41) is 0.698. The first kappa shape index (κ1) is 11.9. The van der Waals surface area contributed by atoms with Gasteiger partial charge in [0.2, 0.25) is 0 Å². The molecule has 2 aromatic rings. The molecular formula is C14H15BrN2O. The maximum absolute atomic E-state index is 12.4. The van der Waals surface area contributed by atoms with E-state index in [0.717, 1.165) is 33.7 Å². The lowest BCUT2D eigenvalue weighted by Crippen LogP contribution is -2.23. The summed E-state index contributed by atoms with van der Waals surface area (Å²) in [6.07, 6.45) is 3.45. The third-order valence-electron chi connectivity index (χ3n) is 3.54. The molecule has 3 rings (SSSR count). The molecule has 0 spiro atoms. The van der Waals surface area contributed by atoms with E-state index in [1.807, 2.05) is 26.1 Å². The zero-order valence-corrected chi connectivity index (χ0v) is 12.1. The van der Waals surface area contributed by atoms with Gasteiger partial charge in [-0.2, -0.15) is 0 Å². The summed E-state index contributed by atoms with van der Waals surface area (Å²) in [7, 11) is 1.82. The fraction of sp³-hybridized carbons (Fsp3) is 0.429. The molecule has 0 aliphatic heterocycles. The molecule has 4 heteroatoms. The van der Waals surface area contributed by atoms with Crippen molar-refractivity contribution in [1.82, 2.24) is 9.55 Å². The molecule has 1 aliphatic rings. The zero-order valence-electron chi connectivity index (χ0n) is 10.5. The summed E-state index contributed by atoms with van der Waals surface area (Å²) in [5.41, 5.74) is 1.92. The highest BCUT2D eigenvalue weighted by Gasteiger charge is 2.24. The van der Waals surface area contributed by atoms with Crippen molar-refractivity contribution in [1.29, 1.82) is 0 Å². The summed E-state index contributed by atoms with van der Waals surface area (Å²) >= 11 is 3.51. The Kier molecular flexibility index (Phi) is 2.77. The van der Waals surface area contributed by atoms with Crippen molar-refractivity contribution in [2.45, 2.75) is 26.2 Å². The Balaban J connectivity index is 2.28. The van der Waals surface area contributed by atoms with Crippen LogP contribution in [0.3, 0.4) is 0 Å². The molecule has 0 atom stereocenters. The molecular weight excluding hydrogens is 292 g/mol. The van der Waals surface area contributed by atoms with Gasteiger partial charge in [0.05, 0.1) is 10.9 Å². The summed E-state index contributed by atoms with van der Waals surface area (Å²) in [6, 6.07) is 3.92. The fourth-order valence-electron chi connectivity index (χ4n) is 2.28. The lowest BCUT2D eigenvalue weighted by molar-refractivity contribution is 0.685. The number of aromatic nitrogens is 2. The van der Waals surface area contributed by atoms with Crippen LogP contribution in [0.1, 0.15) is 24.2 Å². The standard InChI is InChI=1S/C14H15BrN2O/c1-8-5-10-13(11(15)6-8)16-12(7-9-3-4-9)17(2)14(10)18/h5-6,9H,3-4,7H2,1-2H3. The van der Waals surface area contributed by atoms with Gasteiger partial charge in [0.25, 0.3) is 5.56 Å². The van der Waals surface area contributed by atoms with Gasteiger partial charge < -0.3 is 0 Å². The van der Waals surface area contributed by atoms with E-state index < -0.39 is 0 Å². The van der Waals surface area contributed by atoms with Gasteiger partial charge in [-0.25, -0.2) is 4.98 Å². The summed E-state index contributed by atoms with van der Waals surface area (Å²) in [5.74, 6) is 1.63. The van der Waals surface area contributed by atoms with E-state index in [0.29, 0.717) is 5.39 Å². The molecule has 1 aromatic heterocycles. The van der Waals surface area contributed by atoms with Crippen LogP contribution in [0.4, 0.5) is 0 Å². The molecule has 0 amide bonds. The number of hydrogen-bond acceptors (Lipinski definition) is 2. The van der Waals surface area contributed by atoms with E-state index >= 15 is 0 Å². The normalized spacial score (nSPS) is 15.3. The SMILES string of the molecule is Cc1cc(Br)c2nc(CC3CC3)n(C)c(=O)c2c1. The van der Waals surface area contributed by atoms with Crippen LogP contribution in [-0.4, -0.2) is 9.55 Å². The fourth-order valence-corrected chi connectivity index (χ4v) is 2.94. The molecule has 1 heterocycles. The van der Waals surface area contributed by atoms with Gasteiger partial charge in [0.1, 0.15) is 5.82 Å². The van der Waals surface area contributed by atoms with E-state index in [-0.39, 0.29) is 5.56 Å². The van der Waals surface area contributed by atoms with E-state index in [4.69, 9.17) is 0 Å². The highest BCUT2D eigenvalue weighted by Crippen LogP contribution is 2.32. The van der Waals surface area contributed by atoms with Crippen LogP contribution in [0.15, 0.2) is 21.4 Å². The average Bonchev–Trinajstić information content (AvgIpc) is 3.11. The molecule has 0 N–H and O–H groups in total. The Morgan fingerprint density at radius 3 is 2.83 bits per heavy atom. The van der Waals surface area contributed by atoms with Crippen LogP contribution in [0.25, 0.3) is 10.9 Å². The van der Waals surface area contributed by atoms with Gasteiger partial charge in [-0.05, 0) is 59.3 Å². The number of halogens is 1. The number of benzene rings is 1. The smallest absolute Gasteiger partial charge is 0.261 e. The zero-order chi connectivity index (χ0) is 12.9. The molecule has 1 fully saturated rings. The van der Waals surface area contributed by atoms with Crippen molar-refractivity contribution in [2.75, 3.05) is 0 Å². The summed E-state index contributed by atoms with van der Waals surface area (Å²) in [4.78, 5) is 17.0. The predicted molar refractivity (Wildman–Crippen MR) is 75.8 cm³/mol. The monoisotopic (exact) mass is 306 g/mol. The Hall–Kier alpha value is -1.16. The van der Waals surface area contributed by atoms with Crippen LogP contribution < -0.4 is 5.56 Å². The molecule has 0 saturated heterocycles. The predicted octanol–water partition coefficient (Wildman–Crippen LogP) is 2.96. The van der Waals surface area contributed by atoms with Crippen molar-refractivity contribution < 1.29 is 0 Å². The van der Waals surface area contributed by atoms with Crippen molar-refractivity contribution in [3.63, 3.8) is 0 Å². The second-order valence-electron chi connectivity index (χ2n) is 5.18. The highest BCUT2D eigenvalue weighted by atomic mass is 79.9. The third kappa shape index (κ3) is 1.99. The minimum atomic E-state index is 0.0556. The molecule has 1 aromatic carbocycles. The minimum absolute atomic E-state index is 0.0556. The van der Waals surface area contributed by atoms with Crippen LogP contribution in [0.5, 0.6) is 0 Å². The van der Waals surface area contributed by atoms with Crippen molar-refractivity contribution in [3.05, 3.63) is 38.3 Å². The highest BCUT2D eigenvalue weighted by molar-refractivity contribution is 9.10. The van der Waals surface area contributed by atoms with Crippen molar-refractivity contribution in [2.24, 2.45) is 13.0 Å². The molecule has 3 nitrogen and oxygen atoms in total. The lowest BCUT2D eigenvalue weighted by atomic mass is 10.1. The maximum Gasteiger partial charge on any atom is 0.261 e. The van der Waals surface area contributed by atoms with Gasteiger partial charge in [0, 0.05) is 17.9 Å². The van der Waals surface area contributed by atoms with Crippen molar-refractivity contribution in [3.8, 4) is 0 Å². The average molecular weight is 307 g/mol. The van der Waals surface area contributed by atoms with E-state index in [2.05, 4.69) is 20.9 Å². The number of nitrogens with zero attached hydrogens (tertiary/aromatic N) is 2. The largest absolute Gasteiger partial charge is 0.299 e. The second kappa shape index (κ2) is 4.19. The molecule has 18 heavy (non-hydrogen) atoms. The number of aryl methyl sites for hydroxylation is 1. The maximum atomic E-state index is 12.4. The van der Waals surface area contributed by atoms with E-state index in [1.165, 1.54) is 12.8 Å². The molecule has 1 saturated carbocycles. The van der Waals surface area contributed by atoms with E-state index in [1.54, 1.807) is 4.57 Å². The summed E-state index contributed by atoms with van der Waals surface area (Å²) < 4.78 is 2.61. The van der Waals surface area contributed by atoms with Gasteiger partial charge in [-0.3, -0.25) is 9.36 Å². The van der Waals surface area contributed by atoms with Crippen molar-refractivity contribution >= 4 is 26.8 Å². The van der Waals surface area contributed by atoms with Crippen LogP contribution >= 0.6 is 15.9 Å². The Morgan fingerprint density at radius 2 is 2.17 bits per heavy atom.